The highest BCUT2D eigenvalue weighted by molar-refractivity contribution is 9.10. The Balaban J connectivity index is 1.71. The van der Waals surface area contributed by atoms with Crippen LogP contribution in [0, 0.1) is 0 Å². The molecule has 2 atom stereocenters. The maximum Gasteiger partial charge on any atom is 0.186 e. The van der Waals surface area contributed by atoms with Gasteiger partial charge in [-0.25, -0.2) is 0 Å². The number of aromatic hydroxyl groups is 1. The smallest absolute Gasteiger partial charge is 0.186 e. The minimum atomic E-state index is -0.00679. The van der Waals surface area contributed by atoms with Gasteiger partial charge in [-0.15, -0.1) is 0 Å². The van der Waals surface area contributed by atoms with E-state index in [0.29, 0.717) is 12.4 Å². The quantitative estimate of drug-likeness (QED) is 0.535. The molecular weight excluding hydrogens is 428 g/mol. The van der Waals surface area contributed by atoms with Crippen LogP contribution in [0.15, 0.2) is 83.3 Å². The Bertz CT molecular complexity index is 1000. The Morgan fingerprint density at radius 1 is 1.00 bits per heavy atom. The summed E-state index contributed by atoms with van der Waals surface area (Å²) in [7, 11) is 0. The van der Waals surface area contributed by atoms with E-state index < -0.39 is 0 Å². The first kappa shape index (κ1) is 19.6. The average Bonchev–Trinajstić information content (AvgIpc) is 2.75. The lowest BCUT2D eigenvalue weighted by Crippen LogP contribution is -2.89. The first-order valence-corrected chi connectivity index (χ1v) is 10.5. The van der Waals surface area contributed by atoms with E-state index in [1.165, 1.54) is 5.56 Å². The Morgan fingerprint density at radius 2 is 1.72 bits per heavy atom. The zero-order chi connectivity index (χ0) is 20.2. The molecule has 0 saturated carbocycles. The number of benzene rings is 3. The van der Waals surface area contributed by atoms with Crippen LogP contribution in [0.25, 0.3) is 5.70 Å². The molecule has 4 nitrogen and oxygen atoms in total. The molecule has 4 N–H and O–H groups in total. The highest BCUT2D eigenvalue weighted by Gasteiger charge is 2.29. The predicted octanol–water partition coefficient (Wildman–Crippen LogP) is 4.50. The summed E-state index contributed by atoms with van der Waals surface area (Å²) in [5, 5.41) is 16.3. The predicted molar refractivity (Wildman–Crippen MR) is 118 cm³/mol. The van der Waals surface area contributed by atoms with Gasteiger partial charge < -0.3 is 20.5 Å². The molecule has 3 aromatic rings. The van der Waals surface area contributed by atoms with Crippen LogP contribution in [-0.2, 0) is 0 Å². The van der Waals surface area contributed by atoms with Gasteiger partial charge in [0.25, 0.3) is 0 Å². The van der Waals surface area contributed by atoms with Gasteiger partial charge in [0.1, 0.15) is 17.5 Å². The van der Waals surface area contributed by atoms with Gasteiger partial charge in [0.2, 0.25) is 0 Å². The van der Waals surface area contributed by atoms with E-state index >= 15 is 0 Å². The molecule has 3 aromatic carbocycles. The molecule has 4 rings (SSSR count). The van der Waals surface area contributed by atoms with E-state index in [1.807, 2.05) is 37.3 Å². The van der Waals surface area contributed by atoms with Crippen LogP contribution in [0.2, 0.25) is 0 Å². The van der Waals surface area contributed by atoms with Crippen molar-refractivity contribution < 1.29 is 15.2 Å². The Morgan fingerprint density at radius 3 is 2.41 bits per heavy atom. The number of quaternary nitrogens is 1. The second-order valence-electron chi connectivity index (χ2n) is 6.99. The zero-order valence-corrected chi connectivity index (χ0v) is 17.8. The minimum Gasteiger partial charge on any atom is -0.507 e. The molecule has 0 amide bonds. The van der Waals surface area contributed by atoms with Crippen LogP contribution in [-0.4, -0.2) is 11.7 Å². The number of phenolic OH excluding ortho intramolecular Hbond substituents is 1. The second-order valence-corrected chi connectivity index (χ2v) is 7.90. The van der Waals surface area contributed by atoms with Gasteiger partial charge in [-0.05, 0) is 73.2 Å². The van der Waals surface area contributed by atoms with Gasteiger partial charge >= 0.3 is 0 Å². The summed E-state index contributed by atoms with van der Waals surface area (Å²) in [5.74, 6) is 1.17. The van der Waals surface area contributed by atoms with Crippen LogP contribution in [0.4, 0.5) is 0 Å². The van der Waals surface area contributed by atoms with E-state index in [2.05, 4.69) is 69.0 Å². The second kappa shape index (κ2) is 8.72. The first-order valence-electron chi connectivity index (χ1n) is 9.74. The minimum absolute atomic E-state index is 0.00679. The zero-order valence-electron chi connectivity index (χ0n) is 16.2. The average molecular weight is 452 g/mol. The molecule has 1 aliphatic heterocycles. The highest BCUT2D eigenvalue weighted by atomic mass is 79.9. The molecule has 0 aliphatic carbocycles. The number of phenols is 1. The van der Waals surface area contributed by atoms with Crippen molar-refractivity contribution in [1.82, 2.24) is 5.32 Å². The van der Waals surface area contributed by atoms with E-state index in [1.54, 1.807) is 6.07 Å². The number of halogens is 1. The fourth-order valence-electron chi connectivity index (χ4n) is 3.61. The van der Waals surface area contributed by atoms with Crippen molar-refractivity contribution in [3.63, 3.8) is 0 Å². The normalized spacial score (nSPS) is 18.6. The Kier molecular flexibility index (Phi) is 5.88. The number of ether oxygens (including phenoxy) is 1. The van der Waals surface area contributed by atoms with Crippen LogP contribution in [0.3, 0.4) is 0 Å². The molecular formula is C24H24BrN2O2+. The molecule has 0 aromatic heterocycles. The van der Waals surface area contributed by atoms with Crippen molar-refractivity contribution in [3.05, 3.63) is 100 Å². The number of hydrogen-bond acceptors (Lipinski definition) is 3. The molecule has 0 radical (unpaired) electrons. The number of nitrogens with two attached hydrogens (primary N) is 1. The molecule has 5 heteroatoms. The monoisotopic (exact) mass is 451 g/mol. The van der Waals surface area contributed by atoms with Gasteiger partial charge in [0.05, 0.1) is 12.2 Å². The van der Waals surface area contributed by atoms with E-state index in [0.717, 1.165) is 27.0 Å². The summed E-state index contributed by atoms with van der Waals surface area (Å²) in [6, 6.07) is 24.0. The SMILES string of the molecule is CCOc1ccc(C2=CC(c3ccccc3O)[NH2+]C(c3ccc(Br)cc3)N2)cc1. The Labute approximate surface area is 179 Å². The van der Waals surface area contributed by atoms with E-state index in [-0.39, 0.29) is 12.2 Å². The van der Waals surface area contributed by atoms with Gasteiger partial charge in [0.15, 0.2) is 6.17 Å². The molecule has 0 fully saturated rings. The maximum atomic E-state index is 10.4. The standard InChI is InChI=1S/C24H23BrN2O2/c1-2-29-19-13-9-16(10-14-19)21-15-22(20-5-3-4-6-23(20)28)27-24(26-21)17-7-11-18(25)12-8-17/h3-15,22,24,26-28H,2H2,1H3/p+1. The topological polar surface area (TPSA) is 58.1 Å². The molecule has 148 valence electrons. The maximum absolute atomic E-state index is 10.4. The third kappa shape index (κ3) is 4.47. The van der Waals surface area contributed by atoms with Crippen molar-refractivity contribution in [1.29, 1.82) is 0 Å². The third-order valence-corrected chi connectivity index (χ3v) is 5.59. The summed E-state index contributed by atoms with van der Waals surface area (Å²) in [6.07, 6.45) is 2.19. The van der Waals surface area contributed by atoms with Crippen molar-refractivity contribution in [3.8, 4) is 11.5 Å². The largest absolute Gasteiger partial charge is 0.507 e. The fraction of sp³-hybridized carbons (Fsp3) is 0.167. The lowest BCUT2D eigenvalue weighted by Gasteiger charge is -2.30. The number of para-hydroxylation sites is 1. The van der Waals surface area contributed by atoms with E-state index in [4.69, 9.17) is 4.74 Å². The molecule has 0 spiro atoms. The Hall–Kier alpha value is -2.76. The van der Waals surface area contributed by atoms with Crippen molar-refractivity contribution in [2.75, 3.05) is 6.61 Å². The van der Waals surface area contributed by atoms with Gasteiger partial charge in [-0.2, -0.15) is 0 Å². The molecule has 2 unspecified atom stereocenters. The van der Waals surface area contributed by atoms with Crippen LogP contribution >= 0.6 is 15.9 Å². The van der Waals surface area contributed by atoms with Crippen LogP contribution in [0.5, 0.6) is 11.5 Å². The summed E-state index contributed by atoms with van der Waals surface area (Å²) < 4.78 is 6.62. The van der Waals surface area contributed by atoms with Crippen molar-refractivity contribution in [2.45, 2.75) is 19.1 Å². The number of rotatable bonds is 5. The van der Waals surface area contributed by atoms with E-state index in [9.17, 15) is 5.11 Å². The van der Waals surface area contributed by atoms with Gasteiger partial charge in [-0.3, -0.25) is 0 Å². The summed E-state index contributed by atoms with van der Waals surface area (Å²) >= 11 is 3.51. The summed E-state index contributed by atoms with van der Waals surface area (Å²) in [5.41, 5.74) is 4.20. The molecule has 0 saturated heterocycles. The first-order chi connectivity index (χ1) is 14.1. The molecule has 29 heavy (non-hydrogen) atoms. The molecule has 0 bridgehead atoms. The lowest BCUT2D eigenvalue weighted by molar-refractivity contribution is -0.731. The fourth-order valence-corrected chi connectivity index (χ4v) is 3.87. The molecule has 1 aliphatic rings. The van der Waals surface area contributed by atoms with Crippen molar-refractivity contribution in [2.24, 2.45) is 0 Å². The van der Waals surface area contributed by atoms with Crippen LogP contribution in [0.1, 0.15) is 35.8 Å². The van der Waals surface area contributed by atoms with Crippen LogP contribution < -0.4 is 15.4 Å². The highest BCUT2D eigenvalue weighted by Crippen LogP contribution is 2.29. The summed E-state index contributed by atoms with van der Waals surface area (Å²) in [4.78, 5) is 0. The third-order valence-electron chi connectivity index (χ3n) is 5.06. The van der Waals surface area contributed by atoms with Gasteiger partial charge in [0, 0.05) is 21.8 Å². The number of hydrogen-bond donors (Lipinski definition) is 3. The van der Waals surface area contributed by atoms with Gasteiger partial charge in [-0.1, -0.05) is 28.1 Å². The lowest BCUT2D eigenvalue weighted by atomic mass is 9.98. The summed E-state index contributed by atoms with van der Waals surface area (Å²) in [6.45, 7) is 2.63. The van der Waals surface area contributed by atoms with Crippen molar-refractivity contribution >= 4 is 21.6 Å². The molecule has 1 heterocycles. The number of nitrogens with one attached hydrogen (secondary N) is 1.